The summed E-state index contributed by atoms with van der Waals surface area (Å²) in [5, 5.41) is 0. The number of anilines is 1. The van der Waals surface area contributed by atoms with E-state index < -0.39 is 0 Å². The quantitative estimate of drug-likeness (QED) is 0.485. The molecule has 136 valence electrons. The lowest BCUT2D eigenvalue weighted by Crippen LogP contribution is -2.21. The molecule has 4 rings (SSSR count). The third-order valence-corrected chi connectivity index (χ3v) is 5.20. The molecule has 0 spiro atoms. The van der Waals surface area contributed by atoms with Crippen LogP contribution in [0.5, 0.6) is 0 Å². The number of fused-ring (bicyclic) bond motifs is 1. The molecule has 0 aliphatic heterocycles. The lowest BCUT2D eigenvalue weighted by molar-refractivity contribution is 0.832. The molecule has 0 bridgehead atoms. The Morgan fingerprint density at radius 1 is 0.889 bits per heavy atom. The van der Waals surface area contributed by atoms with Gasteiger partial charge >= 0.3 is 0 Å². The van der Waals surface area contributed by atoms with Crippen molar-refractivity contribution >= 4 is 16.7 Å². The minimum absolute atomic E-state index is 0.917. The van der Waals surface area contributed by atoms with Gasteiger partial charge in [0.2, 0.25) is 0 Å². The number of nitrogens with zero attached hydrogens (tertiary/aromatic N) is 2. The van der Waals surface area contributed by atoms with E-state index in [1.807, 2.05) is 0 Å². The maximum Gasteiger partial charge on any atom is 0.138 e. The number of aryl methyl sites for hydroxylation is 2. The number of aromatic nitrogens is 2. The highest BCUT2D eigenvalue weighted by Gasteiger charge is 2.09. The number of nitrogens with one attached hydrogen (secondary N) is 1. The fraction of sp³-hybridized carbons (Fsp3) is 0.208. The van der Waals surface area contributed by atoms with Gasteiger partial charge in [0.1, 0.15) is 5.82 Å². The Morgan fingerprint density at radius 3 is 2.30 bits per heavy atom. The molecule has 1 aromatic heterocycles. The van der Waals surface area contributed by atoms with Gasteiger partial charge in [-0.2, -0.15) is 0 Å². The van der Waals surface area contributed by atoms with Gasteiger partial charge < -0.3 is 9.88 Å². The summed E-state index contributed by atoms with van der Waals surface area (Å²) in [4.78, 5) is 10.6. The lowest BCUT2D eigenvalue weighted by Gasteiger charge is -2.23. The smallest absolute Gasteiger partial charge is 0.138 e. The molecule has 3 aromatic carbocycles. The number of aromatic amines is 1. The third-order valence-electron chi connectivity index (χ3n) is 5.20. The van der Waals surface area contributed by atoms with E-state index in [4.69, 9.17) is 4.98 Å². The van der Waals surface area contributed by atoms with Crippen molar-refractivity contribution in [2.75, 3.05) is 11.4 Å². The van der Waals surface area contributed by atoms with Crippen molar-refractivity contribution in [2.24, 2.45) is 0 Å². The zero-order valence-electron chi connectivity index (χ0n) is 16.2. The number of hydrogen-bond acceptors (Lipinski definition) is 2. The molecule has 1 N–H and O–H groups in total. The molecule has 1 heterocycles. The minimum atomic E-state index is 0.917. The Morgan fingerprint density at radius 2 is 1.59 bits per heavy atom. The molecule has 3 heteroatoms. The molecule has 0 saturated heterocycles. The van der Waals surface area contributed by atoms with E-state index in [1.165, 1.54) is 22.4 Å². The zero-order valence-corrected chi connectivity index (χ0v) is 16.2. The Hall–Kier alpha value is -3.07. The number of rotatable bonds is 5. The van der Waals surface area contributed by atoms with Gasteiger partial charge in [0, 0.05) is 24.3 Å². The SMILES string of the molecule is CCN(Cc1ccccc1)c1ccc(-c2nc3cc(C)c(C)cc3[nH]2)cc1. The van der Waals surface area contributed by atoms with Crippen molar-refractivity contribution in [2.45, 2.75) is 27.3 Å². The highest BCUT2D eigenvalue weighted by atomic mass is 15.1. The van der Waals surface area contributed by atoms with Gasteiger partial charge in [-0.3, -0.25) is 0 Å². The molecule has 4 aromatic rings. The summed E-state index contributed by atoms with van der Waals surface area (Å²) in [5.74, 6) is 0.924. The molecule has 0 aliphatic carbocycles. The molecule has 0 fully saturated rings. The van der Waals surface area contributed by atoms with Crippen molar-refractivity contribution in [3.05, 3.63) is 83.4 Å². The van der Waals surface area contributed by atoms with E-state index in [-0.39, 0.29) is 0 Å². The average molecular weight is 355 g/mol. The normalized spacial score (nSPS) is 11.1. The molecule has 0 saturated carbocycles. The molecule has 27 heavy (non-hydrogen) atoms. The van der Waals surface area contributed by atoms with Crippen LogP contribution in [0.15, 0.2) is 66.7 Å². The Kier molecular flexibility index (Phi) is 4.68. The second-order valence-electron chi connectivity index (χ2n) is 7.09. The number of hydrogen-bond donors (Lipinski definition) is 1. The summed E-state index contributed by atoms with van der Waals surface area (Å²) >= 11 is 0. The third kappa shape index (κ3) is 3.59. The number of benzene rings is 3. The lowest BCUT2D eigenvalue weighted by atomic mass is 10.1. The second-order valence-corrected chi connectivity index (χ2v) is 7.09. The van der Waals surface area contributed by atoms with Crippen molar-refractivity contribution in [3.8, 4) is 11.4 Å². The second kappa shape index (κ2) is 7.28. The summed E-state index contributed by atoms with van der Waals surface area (Å²) in [6.07, 6.45) is 0. The van der Waals surface area contributed by atoms with Gasteiger partial charge in [0.15, 0.2) is 0 Å². The largest absolute Gasteiger partial charge is 0.367 e. The molecular formula is C24H25N3. The monoisotopic (exact) mass is 355 g/mol. The molecule has 0 amide bonds. The highest BCUT2D eigenvalue weighted by molar-refractivity contribution is 5.81. The van der Waals surface area contributed by atoms with Crippen molar-refractivity contribution in [1.82, 2.24) is 9.97 Å². The molecule has 0 radical (unpaired) electrons. The van der Waals surface area contributed by atoms with Gasteiger partial charge in [-0.05, 0) is 73.9 Å². The predicted molar refractivity (Wildman–Crippen MR) is 114 cm³/mol. The van der Waals surface area contributed by atoms with E-state index in [0.29, 0.717) is 0 Å². The van der Waals surface area contributed by atoms with E-state index in [0.717, 1.165) is 35.5 Å². The Labute approximate surface area is 160 Å². The number of imidazole rings is 1. The van der Waals surface area contributed by atoms with Crippen molar-refractivity contribution in [3.63, 3.8) is 0 Å². The van der Waals surface area contributed by atoms with Gasteiger partial charge in [-0.15, -0.1) is 0 Å². The van der Waals surface area contributed by atoms with Crippen LogP contribution in [0.1, 0.15) is 23.6 Å². The first-order valence-electron chi connectivity index (χ1n) is 9.50. The summed E-state index contributed by atoms with van der Waals surface area (Å²) in [6.45, 7) is 8.35. The Bertz CT molecular complexity index is 1010. The first-order valence-corrected chi connectivity index (χ1v) is 9.50. The maximum atomic E-state index is 4.78. The first-order chi connectivity index (χ1) is 13.1. The van der Waals surface area contributed by atoms with Crippen LogP contribution in [0.25, 0.3) is 22.4 Å². The van der Waals surface area contributed by atoms with E-state index >= 15 is 0 Å². The van der Waals surface area contributed by atoms with Crippen LogP contribution in [0, 0.1) is 13.8 Å². The van der Waals surface area contributed by atoms with Crippen LogP contribution in [-0.4, -0.2) is 16.5 Å². The predicted octanol–water partition coefficient (Wildman–Crippen LogP) is 5.87. The van der Waals surface area contributed by atoms with Gasteiger partial charge in [0.25, 0.3) is 0 Å². The van der Waals surface area contributed by atoms with Crippen molar-refractivity contribution < 1.29 is 0 Å². The summed E-state index contributed by atoms with van der Waals surface area (Å²) in [6, 6.07) is 23.6. The molecule has 0 unspecified atom stereocenters. The zero-order chi connectivity index (χ0) is 18.8. The Balaban J connectivity index is 1.59. The van der Waals surface area contributed by atoms with Crippen LogP contribution in [0.3, 0.4) is 0 Å². The van der Waals surface area contributed by atoms with Gasteiger partial charge in [-0.25, -0.2) is 4.98 Å². The molecule has 0 aliphatic rings. The number of H-pyrrole nitrogens is 1. The van der Waals surface area contributed by atoms with Crippen molar-refractivity contribution in [1.29, 1.82) is 0 Å². The first kappa shape index (κ1) is 17.3. The van der Waals surface area contributed by atoms with Crippen LogP contribution >= 0.6 is 0 Å². The van der Waals surface area contributed by atoms with Gasteiger partial charge in [-0.1, -0.05) is 30.3 Å². The van der Waals surface area contributed by atoms with Crippen LogP contribution in [0.2, 0.25) is 0 Å². The van der Waals surface area contributed by atoms with Crippen LogP contribution in [0.4, 0.5) is 5.69 Å². The summed E-state index contributed by atoms with van der Waals surface area (Å²) in [5.41, 5.74) is 8.34. The fourth-order valence-corrected chi connectivity index (χ4v) is 3.43. The topological polar surface area (TPSA) is 31.9 Å². The summed E-state index contributed by atoms with van der Waals surface area (Å²) < 4.78 is 0. The fourth-order valence-electron chi connectivity index (χ4n) is 3.43. The van der Waals surface area contributed by atoms with E-state index in [2.05, 4.69) is 97.4 Å². The standard InChI is InChI=1S/C24H25N3/c1-4-27(16-19-8-6-5-7-9-19)21-12-10-20(11-13-21)24-25-22-14-17(2)18(3)15-23(22)26-24/h5-15H,4,16H2,1-3H3,(H,25,26). The average Bonchev–Trinajstić information content (AvgIpc) is 3.10. The molecular weight excluding hydrogens is 330 g/mol. The van der Waals surface area contributed by atoms with E-state index in [9.17, 15) is 0 Å². The molecule has 3 nitrogen and oxygen atoms in total. The maximum absolute atomic E-state index is 4.78. The highest BCUT2D eigenvalue weighted by Crippen LogP contribution is 2.25. The van der Waals surface area contributed by atoms with Crippen LogP contribution < -0.4 is 4.90 Å². The minimum Gasteiger partial charge on any atom is -0.367 e. The molecule has 0 atom stereocenters. The van der Waals surface area contributed by atoms with E-state index in [1.54, 1.807) is 0 Å². The van der Waals surface area contributed by atoms with Gasteiger partial charge in [0.05, 0.1) is 11.0 Å². The summed E-state index contributed by atoms with van der Waals surface area (Å²) in [7, 11) is 0. The van der Waals surface area contributed by atoms with Crippen LogP contribution in [-0.2, 0) is 6.54 Å².